The Morgan fingerprint density at radius 2 is 1.92 bits per heavy atom. The molecule has 0 saturated carbocycles. The normalized spacial score (nSPS) is 12.2. The zero-order chi connectivity index (χ0) is 9.61. The maximum atomic E-state index is 3.17. The molecule has 0 nitrogen and oxygen atoms in total. The van der Waals surface area contributed by atoms with E-state index in [9.17, 15) is 0 Å². The number of allylic oxidation sites excluding steroid dienone is 2. The molecule has 0 radical (unpaired) electrons. The zero-order valence-corrected chi connectivity index (χ0v) is 8.99. The van der Waals surface area contributed by atoms with Gasteiger partial charge in [0, 0.05) is 5.57 Å². The molecule has 0 spiro atoms. The molecule has 12 heavy (non-hydrogen) atoms. The van der Waals surface area contributed by atoms with Gasteiger partial charge in [-0.25, -0.2) is 0 Å². The van der Waals surface area contributed by atoms with Gasteiger partial charge in [-0.1, -0.05) is 46.1 Å². The summed E-state index contributed by atoms with van der Waals surface area (Å²) >= 11 is 0. The summed E-state index contributed by atoms with van der Waals surface area (Å²) in [5.41, 5.74) is 1.48. The fourth-order valence-corrected chi connectivity index (χ4v) is 0.968. The van der Waals surface area contributed by atoms with E-state index in [1.165, 1.54) is 12.0 Å². The largest absolute Gasteiger partial charge is 0.102 e. The Bertz CT molecular complexity index is 202. The first kappa shape index (κ1) is 11.3. The van der Waals surface area contributed by atoms with Gasteiger partial charge in [0.15, 0.2) is 0 Å². The average molecular weight is 164 g/mol. The fourth-order valence-electron chi connectivity index (χ4n) is 0.968. The lowest BCUT2D eigenvalue weighted by Gasteiger charge is -2.18. The molecule has 0 heteroatoms. The van der Waals surface area contributed by atoms with Crippen molar-refractivity contribution in [2.24, 2.45) is 5.41 Å². The van der Waals surface area contributed by atoms with Gasteiger partial charge in [0.25, 0.3) is 0 Å². The van der Waals surface area contributed by atoms with Crippen LogP contribution in [0.3, 0.4) is 0 Å². The van der Waals surface area contributed by atoms with Crippen molar-refractivity contribution in [1.29, 1.82) is 0 Å². The van der Waals surface area contributed by atoms with Crippen LogP contribution >= 0.6 is 0 Å². The van der Waals surface area contributed by atoms with Gasteiger partial charge >= 0.3 is 0 Å². The summed E-state index contributed by atoms with van der Waals surface area (Å²) in [6.07, 6.45) is 4.60. The van der Waals surface area contributed by atoms with Crippen molar-refractivity contribution < 1.29 is 0 Å². The van der Waals surface area contributed by atoms with Crippen LogP contribution in [0, 0.1) is 17.3 Å². The lowest BCUT2D eigenvalue weighted by molar-refractivity contribution is 0.518. The summed E-state index contributed by atoms with van der Waals surface area (Å²) in [7, 11) is 0. The van der Waals surface area contributed by atoms with Gasteiger partial charge in [0.2, 0.25) is 0 Å². The predicted molar refractivity (Wildman–Crippen MR) is 55.9 cm³/mol. The van der Waals surface area contributed by atoms with Crippen LogP contribution < -0.4 is 0 Å². The van der Waals surface area contributed by atoms with Crippen LogP contribution in [0.25, 0.3) is 0 Å². The molecule has 0 heterocycles. The van der Waals surface area contributed by atoms with E-state index >= 15 is 0 Å². The van der Waals surface area contributed by atoms with Gasteiger partial charge in [0.05, 0.1) is 0 Å². The maximum absolute atomic E-state index is 3.17. The predicted octanol–water partition coefficient (Wildman–Crippen LogP) is 3.78. The Morgan fingerprint density at radius 1 is 1.33 bits per heavy atom. The third kappa shape index (κ3) is 4.23. The zero-order valence-electron chi connectivity index (χ0n) is 8.99. The molecule has 0 rings (SSSR count). The molecule has 0 unspecified atom stereocenters. The van der Waals surface area contributed by atoms with Crippen molar-refractivity contribution in [3.05, 3.63) is 11.6 Å². The Kier molecular flexibility index (Phi) is 4.74. The van der Waals surface area contributed by atoms with E-state index in [4.69, 9.17) is 0 Å². The standard InChI is InChI=1S/C12H20/c1-6-8-10-11(9-7-2)12(3,4)5/h10H,6,8H2,1-5H3/b11-10+. The molecule has 0 atom stereocenters. The van der Waals surface area contributed by atoms with Gasteiger partial charge in [-0.15, -0.1) is 5.92 Å². The van der Waals surface area contributed by atoms with Crippen molar-refractivity contribution >= 4 is 0 Å². The van der Waals surface area contributed by atoms with Crippen LogP contribution in [-0.4, -0.2) is 0 Å². The minimum Gasteiger partial charge on any atom is -0.102 e. The molecule has 68 valence electrons. The second-order valence-electron chi connectivity index (χ2n) is 4.03. The topological polar surface area (TPSA) is 0 Å². The van der Waals surface area contributed by atoms with Crippen LogP contribution in [-0.2, 0) is 0 Å². The number of hydrogen-bond donors (Lipinski definition) is 0. The fraction of sp³-hybridized carbons (Fsp3) is 0.667. The second kappa shape index (κ2) is 5.04. The second-order valence-corrected chi connectivity index (χ2v) is 4.03. The molecule has 0 aromatic heterocycles. The molecule has 0 saturated heterocycles. The molecular weight excluding hydrogens is 144 g/mol. The lowest BCUT2D eigenvalue weighted by Crippen LogP contribution is -2.07. The van der Waals surface area contributed by atoms with Gasteiger partial charge in [0.1, 0.15) is 0 Å². The van der Waals surface area contributed by atoms with Crippen LogP contribution in [0.4, 0.5) is 0 Å². The average Bonchev–Trinajstić information content (AvgIpc) is 1.95. The molecule has 0 aliphatic rings. The summed E-state index contributed by atoms with van der Waals surface area (Å²) in [4.78, 5) is 0. The first-order chi connectivity index (χ1) is 5.52. The highest BCUT2D eigenvalue weighted by Crippen LogP contribution is 2.24. The molecule has 0 aromatic carbocycles. The van der Waals surface area contributed by atoms with E-state index in [0.29, 0.717) is 0 Å². The molecule has 0 fully saturated rings. The molecule has 0 amide bonds. The van der Waals surface area contributed by atoms with E-state index in [-0.39, 0.29) is 5.41 Å². The Morgan fingerprint density at radius 3 is 2.25 bits per heavy atom. The summed E-state index contributed by atoms with van der Waals surface area (Å²) in [6.45, 7) is 10.7. The van der Waals surface area contributed by atoms with Crippen molar-refractivity contribution in [1.82, 2.24) is 0 Å². The van der Waals surface area contributed by atoms with Crippen molar-refractivity contribution in [2.75, 3.05) is 0 Å². The Labute approximate surface area is 77.1 Å². The van der Waals surface area contributed by atoms with Gasteiger partial charge in [-0.3, -0.25) is 0 Å². The SMILES string of the molecule is CC#C/C(=C\CCC)C(C)(C)C. The van der Waals surface area contributed by atoms with Crippen LogP contribution in [0.15, 0.2) is 11.6 Å². The highest BCUT2D eigenvalue weighted by atomic mass is 14.2. The molecule has 0 aromatic rings. The quantitative estimate of drug-likeness (QED) is 0.545. The highest BCUT2D eigenvalue weighted by Gasteiger charge is 2.13. The van der Waals surface area contributed by atoms with Crippen LogP contribution in [0.1, 0.15) is 47.5 Å². The van der Waals surface area contributed by atoms with Gasteiger partial charge in [-0.05, 0) is 18.8 Å². The first-order valence-electron chi connectivity index (χ1n) is 4.65. The molecular formula is C12H20. The smallest absolute Gasteiger partial charge is 0.00339 e. The van der Waals surface area contributed by atoms with Crippen molar-refractivity contribution in [3.63, 3.8) is 0 Å². The van der Waals surface area contributed by atoms with E-state index in [2.05, 4.69) is 45.6 Å². The summed E-state index contributed by atoms with van der Waals surface area (Å²) < 4.78 is 0. The number of rotatable bonds is 2. The van der Waals surface area contributed by atoms with Crippen molar-refractivity contribution in [2.45, 2.75) is 47.5 Å². The van der Waals surface area contributed by atoms with Crippen LogP contribution in [0.5, 0.6) is 0 Å². The Balaban J connectivity index is 4.52. The maximum Gasteiger partial charge on any atom is 0.00339 e. The van der Waals surface area contributed by atoms with Crippen LogP contribution in [0.2, 0.25) is 0 Å². The van der Waals surface area contributed by atoms with E-state index in [1.54, 1.807) is 0 Å². The van der Waals surface area contributed by atoms with E-state index < -0.39 is 0 Å². The summed E-state index contributed by atoms with van der Waals surface area (Å²) in [5, 5.41) is 0. The Hall–Kier alpha value is -0.700. The first-order valence-corrected chi connectivity index (χ1v) is 4.65. The number of unbranched alkanes of at least 4 members (excludes halogenated alkanes) is 1. The summed E-state index contributed by atoms with van der Waals surface area (Å²) in [6, 6.07) is 0. The molecule has 0 bridgehead atoms. The minimum atomic E-state index is 0.207. The third-order valence-corrected chi connectivity index (χ3v) is 1.70. The highest BCUT2D eigenvalue weighted by molar-refractivity contribution is 5.32. The molecule has 0 aliphatic heterocycles. The van der Waals surface area contributed by atoms with E-state index in [1.807, 2.05) is 6.92 Å². The number of hydrogen-bond acceptors (Lipinski definition) is 0. The van der Waals surface area contributed by atoms with Gasteiger partial charge < -0.3 is 0 Å². The van der Waals surface area contributed by atoms with E-state index in [0.717, 1.165) is 6.42 Å². The summed E-state index contributed by atoms with van der Waals surface area (Å²) in [5.74, 6) is 6.13. The lowest BCUT2D eigenvalue weighted by atomic mass is 9.86. The minimum absolute atomic E-state index is 0.207. The molecule has 0 aliphatic carbocycles. The monoisotopic (exact) mass is 164 g/mol. The van der Waals surface area contributed by atoms with Crippen molar-refractivity contribution in [3.8, 4) is 11.8 Å². The third-order valence-electron chi connectivity index (χ3n) is 1.70. The molecule has 0 N–H and O–H groups in total. The van der Waals surface area contributed by atoms with Gasteiger partial charge in [-0.2, -0.15) is 0 Å².